The smallest absolute Gasteiger partial charge is 0.00804 e. The molecule has 0 unspecified atom stereocenters. The van der Waals surface area contributed by atoms with Gasteiger partial charge in [-0.2, -0.15) is 0 Å². The molecule has 0 aliphatic rings. The molecule has 0 aromatic carbocycles. The van der Waals surface area contributed by atoms with E-state index in [2.05, 4.69) is 0 Å². The fraction of sp³-hybridized carbons (Fsp3) is 1.00. The van der Waals surface area contributed by atoms with Gasteiger partial charge in [0.1, 0.15) is 0 Å². The maximum Gasteiger partial charge on any atom is -0.00804 e. The van der Waals surface area contributed by atoms with Crippen LogP contribution in [0.2, 0.25) is 19.1 Å². The Morgan fingerprint density at radius 3 is 2.00 bits per heavy atom. The monoisotopic (exact) mass is 150 g/mol. The molecule has 3 nitrogen and oxygen atoms in total. The molecule has 0 heterocycles. The molecule has 0 radical (unpaired) electrons. The minimum Gasteiger partial charge on any atom is -0.859 e. The highest BCUT2D eigenvalue weighted by Gasteiger charge is 2.00. The van der Waals surface area contributed by atoms with Crippen LogP contribution in [0.15, 0.2) is 0 Å². The van der Waals surface area contributed by atoms with Gasteiger partial charge in [0.15, 0.2) is 0 Å². The number of rotatable bonds is 3. The van der Waals surface area contributed by atoms with Crippen molar-refractivity contribution >= 4 is 8.32 Å². The summed E-state index contributed by atoms with van der Waals surface area (Å²) >= 11 is 0. The van der Waals surface area contributed by atoms with E-state index in [1.54, 1.807) is 0 Å². The number of hydrogen-bond donors (Lipinski definition) is 2. The van der Waals surface area contributed by atoms with Crippen molar-refractivity contribution < 1.29 is 4.80 Å². The van der Waals surface area contributed by atoms with Crippen molar-refractivity contribution in [1.29, 1.82) is 0 Å². The Bertz CT molecular complexity index is 62.5. The quantitative estimate of drug-likeness (QED) is 0.566. The van der Waals surface area contributed by atoms with Gasteiger partial charge in [0, 0.05) is 0 Å². The lowest BCUT2D eigenvalue weighted by Crippen LogP contribution is -2.42. The molecule has 0 saturated carbocycles. The lowest BCUT2D eigenvalue weighted by molar-refractivity contribution is -0.205. The summed E-state index contributed by atoms with van der Waals surface area (Å²) in [5.41, 5.74) is 5.22. The van der Waals surface area contributed by atoms with Gasteiger partial charge in [0.05, 0.1) is 0 Å². The summed E-state index contributed by atoms with van der Waals surface area (Å²) in [6.45, 7) is 4.31. The second-order valence-corrected chi connectivity index (χ2v) is 6.67. The molecule has 9 heavy (non-hydrogen) atoms. The molecule has 0 fully saturated rings. The van der Waals surface area contributed by atoms with Crippen LogP contribution in [0.4, 0.5) is 0 Å². The minimum absolute atomic E-state index is 0. The number of hydrogen-bond acceptors (Lipinski definition) is 2. The first kappa shape index (κ1) is 11.8. The molecule has 4 heteroatoms. The number of nitrogens with two attached hydrogens (primary N) is 1. The van der Waals surface area contributed by atoms with Crippen molar-refractivity contribution in [2.24, 2.45) is 5.73 Å². The summed E-state index contributed by atoms with van der Waals surface area (Å²) in [7, 11) is -2.01. The predicted octanol–water partition coefficient (Wildman–Crippen LogP) is 0.277. The van der Waals surface area contributed by atoms with Crippen LogP contribution in [0.5, 0.6) is 0 Å². The van der Waals surface area contributed by atoms with Crippen molar-refractivity contribution in [3.63, 3.8) is 0 Å². The second-order valence-electron chi connectivity index (χ2n) is 2.65. The van der Waals surface area contributed by atoms with Gasteiger partial charge < -0.3 is 16.7 Å². The normalized spacial score (nSPS) is 10.7. The Kier molecular flexibility index (Phi) is 6.48. The Labute approximate surface area is 58.0 Å². The predicted molar refractivity (Wildman–Crippen MR) is 41.9 cm³/mol. The van der Waals surface area contributed by atoms with Crippen LogP contribution >= 0.6 is 0 Å². The second kappa shape index (κ2) is 4.93. The van der Waals surface area contributed by atoms with Crippen LogP contribution in [0.1, 0.15) is 6.42 Å². The van der Waals surface area contributed by atoms with Gasteiger partial charge in [-0.25, -0.2) is 0 Å². The van der Waals surface area contributed by atoms with E-state index in [1.165, 1.54) is 0 Å². The van der Waals surface area contributed by atoms with Crippen LogP contribution in [0.25, 0.3) is 0 Å². The van der Waals surface area contributed by atoms with Gasteiger partial charge in [-0.1, -0.05) is 27.5 Å². The molecule has 0 bridgehead atoms. The molecule has 0 amide bonds. The van der Waals surface area contributed by atoms with Gasteiger partial charge in [0.25, 0.3) is 0 Å². The zero-order chi connectivity index (χ0) is 6.62. The van der Waals surface area contributed by atoms with Gasteiger partial charge in [-0.15, -0.1) is 0 Å². The van der Waals surface area contributed by atoms with Crippen molar-refractivity contribution in [1.82, 2.24) is 6.15 Å². The molecule has 0 aliphatic heterocycles. The third-order valence-corrected chi connectivity index (χ3v) is 2.54. The van der Waals surface area contributed by atoms with Gasteiger partial charge >= 0.3 is 0 Å². The van der Waals surface area contributed by atoms with Crippen LogP contribution in [-0.2, 0) is 0 Å². The first-order chi connectivity index (χ1) is 3.56. The highest BCUT2D eigenvalue weighted by atomic mass is 28.4. The molecule has 0 saturated heterocycles. The average molecular weight is 150 g/mol. The molecule has 58 valence electrons. The minimum atomic E-state index is -2.01. The van der Waals surface area contributed by atoms with E-state index in [0.717, 1.165) is 12.5 Å². The largest absolute Gasteiger partial charge is 0.859 e. The van der Waals surface area contributed by atoms with E-state index in [9.17, 15) is 4.80 Å². The van der Waals surface area contributed by atoms with Crippen molar-refractivity contribution in [3.05, 3.63) is 0 Å². The van der Waals surface area contributed by atoms with Crippen LogP contribution < -0.4 is 16.7 Å². The standard InChI is InChI=1S/C5H14NOSi.H3N/c1-8(2,7)5-3-4-6;/h3-6H2,1-2H3;1H3/q-1;/p+1. The third kappa shape index (κ3) is 11.6. The first-order valence-electron chi connectivity index (χ1n) is 2.97. The van der Waals surface area contributed by atoms with E-state index in [-0.39, 0.29) is 6.15 Å². The van der Waals surface area contributed by atoms with E-state index in [0.29, 0.717) is 6.54 Å². The van der Waals surface area contributed by atoms with Crippen molar-refractivity contribution in [2.75, 3.05) is 6.54 Å². The molecular weight excluding hydrogens is 132 g/mol. The summed E-state index contributed by atoms with van der Waals surface area (Å²) in [5, 5.41) is 0. The van der Waals surface area contributed by atoms with E-state index in [1.807, 2.05) is 13.1 Å². The number of quaternary nitrogens is 1. The maximum absolute atomic E-state index is 10.9. The van der Waals surface area contributed by atoms with Crippen LogP contribution in [-0.4, -0.2) is 14.9 Å². The molecular formula is C5H18N2OSi. The SMILES string of the molecule is C[Si](C)([O-])CCCN.[NH4+]. The highest BCUT2D eigenvalue weighted by molar-refractivity contribution is 6.68. The van der Waals surface area contributed by atoms with Gasteiger partial charge in [0.2, 0.25) is 0 Å². The van der Waals surface area contributed by atoms with Crippen LogP contribution in [0.3, 0.4) is 0 Å². The van der Waals surface area contributed by atoms with Gasteiger partial charge in [-0.3, -0.25) is 0 Å². The van der Waals surface area contributed by atoms with Crippen molar-refractivity contribution in [3.8, 4) is 0 Å². The topological polar surface area (TPSA) is 85.6 Å². The summed E-state index contributed by atoms with van der Waals surface area (Å²) in [6, 6.07) is 0.823. The summed E-state index contributed by atoms with van der Waals surface area (Å²) < 4.78 is 0. The fourth-order valence-corrected chi connectivity index (χ4v) is 1.58. The Morgan fingerprint density at radius 2 is 1.89 bits per heavy atom. The van der Waals surface area contributed by atoms with E-state index >= 15 is 0 Å². The molecule has 0 aromatic heterocycles. The molecule has 6 N–H and O–H groups in total. The molecule has 0 spiro atoms. The fourth-order valence-electron chi connectivity index (χ4n) is 0.528. The Hall–Kier alpha value is 0.0969. The Balaban J connectivity index is 0. The molecule has 0 aliphatic carbocycles. The molecule has 0 atom stereocenters. The molecule has 0 aromatic rings. The maximum atomic E-state index is 10.9. The third-order valence-electron chi connectivity index (χ3n) is 0.983. The summed E-state index contributed by atoms with van der Waals surface area (Å²) in [6.07, 6.45) is 0.905. The molecule has 0 rings (SSSR count). The highest BCUT2D eigenvalue weighted by Crippen LogP contribution is 2.01. The lowest BCUT2D eigenvalue weighted by atomic mass is 10.5. The Morgan fingerprint density at radius 1 is 1.44 bits per heavy atom. The average Bonchev–Trinajstić information content (AvgIpc) is 1.59. The zero-order valence-electron chi connectivity index (χ0n) is 6.61. The lowest BCUT2D eigenvalue weighted by Gasteiger charge is -2.28. The van der Waals surface area contributed by atoms with Gasteiger partial charge in [-0.05, 0) is 13.0 Å². The van der Waals surface area contributed by atoms with Crippen molar-refractivity contribution in [2.45, 2.75) is 25.6 Å². The van der Waals surface area contributed by atoms with E-state index < -0.39 is 8.32 Å². The van der Waals surface area contributed by atoms with E-state index in [4.69, 9.17) is 5.73 Å². The summed E-state index contributed by atoms with van der Waals surface area (Å²) in [5.74, 6) is 0. The first-order valence-corrected chi connectivity index (χ1v) is 6.08. The van der Waals surface area contributed by atoms with Crippen LogP contribution in [0, 0.1) is 0 Å². The zero-order valence-corrected chi connectivity index (χ0v) is 7.61. The summed E-state index contributed by atoms with van der Waals surface area (Å²) in [4.78, 5) is 10.9.